The van der Waals surface area contributed by atoms with Crippen LogP contribution in [0.3, 0.4) is 0 Å². The zero-order chi connectivity index (χ0) is 26.5. The molecule has 0 bridgehead atoms. The number of nitrogens with zero attached hydrogens (tertiary/aromatic N) is 3. The predicted molar refractivity (Wildman–Crippen MR) is 134 cm³/mol. The molecule has 0 aliphatic heterocycles. The third-order valence-electron chi connectivity index (χ3n) is 4.66. The number of benzene rings is 2. The van der Waals surface area contributed by atoms with Crippen LogP contribution in [0.1, 0.15) is 29.8 Å². The van der Waals surface area contributed by atoms with Gasteiger partial charge < -0.3 is 9.47 Å². The van der Waals surface area contributed by atoms with Crippen LogP contribution in [-0.2, 0) is 14.6 Å². The van der Waals surface area contributed by atoms with Crippen molar-refractivity contribution in [3.63, 3.8) is 0 Å². The molecule has 1 heterocycles. The van der Waals surface area contributed by atoms with Gasteiger partial charge in [0.05, 0.1) is 22.9 Å². The maximum absolute atomic E-state index is 12.6. The van der Waals surface area contributed by atoms with E-state index in [2.05, 4.69) is 14.7 Å². The van der Waals surface area contributed by atoms with E-state index in [1.165, 1.54) is 51.3 Å². The molecule has 1 aromatic heterocycles. The average molecular weight is 547 g/mol. The SMILES string of the molecule is COc1cc(C=C(C#N)C(=O)Nc2nc(S(=O)(=O)C(C)C)ns2)ccc1OC(=O)c1ccccc1Cl. The highest BCUT2D eigenvalue weighted by molar-refractivity contribution is 7.91. The number of halogens is 1. The van der Waals surface area contributed by atoms with Crippen LogP contribution in [0.15, 0.2) is 53.2 Å². The molecule has 10 nitrogen and oxygen atoms in total. The molecule has 13 heteroatoms. The molecule has 36 heavy (non-hydrogen) atoms. The van der Waals surface area contributed by atoms with Crippen LogP contribution in [0, 0.1) is 11.3 Å². The Balaban J connectivity index is 1.79. The van der Waals surface area contributed by atoms with E-state index in [-0.39, 0.29) is 32.8 Å². The van der Waals surface area contributed by atoms with E-state index < -0.39 is 32.1 Å². The van der Waals surface area contributed by atoms with Crippen molar-refractivity contribution in [2.75, 3.05) is 12.4 Å². The largest absolute Gasteiger partial charge is 0.493 e. The number of rotatable bonds is 8. The number of esters is 1. The average Bonchev–Trinajstić information content (AvgIpc) is 3.32. The Bertz CT molecular complexity index is 1490. The van der Waals surface area contributed by atoms with E-state index >= 15 is 0 Å². The van der Waals surface area contributed by atoms with E-state index in [4.69, 9.17) is 21.1 Å². The lowest BCUT2D eigenvalue weighted by molar-refractivity contribution is -0.112. The summed E-state index contributed by atoms with van der Waals surface area (Å²) in [6, 6.07) is 12.6. The van der Waals surface area contributed by atoms with E-state index in [9.17, 15) is 23.3 Å². The second-order valence-electron chi connectivity index (χ2n) is 7.38. The molecule has 186 valence electrons. The number of hydrogen-bond acceptors (Lipinski definition) is 10. The summed E-state index contributed by atoms with van der Waals surface area (Å²) in [5, 5.41) is 10.9. The zero-order valence-corrected chi connectivity index (χ0v) is 21.6. The molecule has 0 aliphatic rings. The molecule has 2 aromatic carbocycles. The van der Waals surface area contributed by atoms with E-state index in [0.29, 0.717) is 17.1 Å². The van der Waals surface area contributed by atoms with Gasteiger partial charge in [-0.05, 0) is 49.8 Å². The van der Waals surface area contributed by atoms with Gasteiger partial charge in [-0.2, -0.15) is 14.6 Å². The van der Waals surface area contributed by atoms with E-state index in [1.54, 1.807) is 24.3 Å². The van der Waals surface area contributed by atoms with E-state index in [0.717, 1.165) is 0 Å². The molecule has 0 saturated heterocycles. The highest BCUT2D eigenvalue weighted by atomic mass is 35.5. The fourth-order valence-electron chi connectivity index (χ4n) is 2.71. The van der Waals surface area contributed by atoms with Crippen molar-refractivity contribution in [3.8, 4) is 17.6 Å². The molecule has 1 N–H and O–H groups in total. The van der Waals surface area contributed by atoms with Crippen LogP contribution in [0.4, 0.5) is 5.13 Å². The Morgan fingerprint density at radius 2 is 1.92 bits per heavy atom. The van der Waals surface area contributed by atoms with Crippen LogP contribution in [0.25, 0.3) is 6.08 Å². The molecule has 0 radical (unpaired) electrons. The maximum atomic E-state index is 12.6. The summed E-state index contributed by atoms with van der Waals surface area (Å²) in [5.74, 6) is -1.21. The summed E-state index contributed by atoms with van der Waals surface area (Å²) in [6.45, 7) is 2.98. The second kappa shape index (κ2) is 11.3. The number of ether oxygens (including phenoxy) is 2. The first-order valence-corrected chi connectivity index (χ1v) is 12.9. The van der Waals surface area contributed by atoms with Gasteiger partial charge in [0.15, 0.2) is 11.5 Å². The van der Waals surface area contributed by atoms with Crippen molar-refractivity contribution in [1.82, 2.24) is 9.36 Å². The highest BCUT2D eigenvalue weighted by Gasteiger charge is 2.25. The number of aromatic nitrogens is 2. The minimum absolute atomic E-state index is 0.0696. The van der Waals surface area contributed by atoms with Crippen molar-refractivity contribution in [2.24, 2.45) is 0 Å². The third-order valence-corrected chi connectivity index (χ3v) is 7.67. The standard InChI is InChI=1S/C23H19ClN4O6S2/c1-13(2)36(31,32)23-27-22(35-28-23)26-20(29)15(12-25)10-14-8-9-18(19(11-14)33-3)34-21(30)16-6-4-5-7-17(16)24/h4-11,13H,1-3H3,(H,26,27,28,29). The monoisotopic (exact) mass is 546 g/mol. The first-order chi connectivity index (χ1) is 17.1. The number of anilines is 1. The lowest BCUT2D eigenvalue weighted by Crippen LogP contribution is -2.16. The van der Waals surface area contributed by atoms with Crippen LogP contribution in [0.5, 0.6) is 11.5 Å². The number of nitriles is 1. The van der Waals surface area contributed by atoms with Crippen molar-refractivity contribution in [2.45, 2.75) is 24.3 Å². The lowest BCUT2D eigenvalue weighted by atomic mass is 10.1. The Hall–Kier alpha value is -3.79. The molecule has 1 amide bonds. The molecule has 0 saturated carbocycles. The molecule has 0 atom stereocenters. The van der Waals surface area contributed by atoms with Gasteiger partial charge in [0.25, 0.3) is 11.1 Å². The number of methoxy groups -OCH3 is 1. The Labute approximate surface area is 216 Å². The molecule has 0 aliphatic carbocycles. The summed E-state index contributed by atoms with van der Waals surface area (Å²) in [4.78, 5) is 28.9. The van der Waals surface area contributed by atoms with Gasteiger partial charge in [0, 0.05) is 11.5 Å². The zero-order valence-electron chi connectivity index (χ0n) is 19.2. The van der Waals surface area contributed by atoms with E-state index in [1.807, 2.05) is 0 Å². The number of amides is 1. The van der Waals surface area contributed by atoms with Crippen molar-refractivity contribution in [1.29, 1.82) is 5.26 Å². The Morgan fingerprint density at radius 3 is 2.56 bits per heavy atom. The maximum Gasteiger partial charge on any atom is 0.345 e. The number of carbonyl (C=O) groups excluding carboxylic acids is 2. The summed E-state index contributed by atoms with van der Waals surface area (Å²) in [5.41, 5.74) is 0.285. The van der Waals surface area contributed by atoms with Crippen molar-refractivity contribution in [3.05, 3.63) is 64.2 Å². The fourth-order valence-corrected chi connectivity index (χ4v) is 4.62. The molecular weight excluding hydrogens is 528 g/mol. The topological polar surface area (TPSA) is 148 Å². The molecule has 3 aromatic rings. The van der Waals surface area contributed by atoms with Gasteiger partial charge in [0.2, 0.25) is 15.0 Å². The number of carbonyl (C=O) groups is 2. The number of sulfone groups is 1. The minimum atomic E-state index is -3.71. The van der Waals surface area contributed by atoms with Crippen molar-refractivity contribution >= 4 is 56.1 Å². The van der Waals surface area contributed by atoms with Crippen LogP contribution >= 0.6 is 23.1 Å². The summed E-state index contributed by atoms with van der Waals surface area (Å²) < 4.78 is 38.8. The van der Waals surface area contributed by atoms with Crippen LogP contribution < -0.4 is 14.8 Å². The summed E-state index contributed by atoms with van der Waals surface area (Å²) >= 11 is 6.72. The Kier molecular flexibility index (Phi) is 8.41. The molecule has 0 spiro atoms. The van der Waals surface area contributed by atoms with Gasteiger partial charge in [-0.3, -0.25) is 10.1 Å². The molecule has 3 rings (SSSR count). The van der Waals surface area contributed by atoms with Gasteiger partial charge in [0.1, 0.15) is 11.6 Å². The quantitative estimate of drug-likeness (QED) is 0.190. The van der Waals surface area contributed by atoms with Crippen LogP contribution in [-0.4, -0.2) is 42.0 Å². The molecule has 0 fully saturated rings. The third kappa shape index (κ3) is 6.06. The van der Waals surface area contributed by atoms with Gasteiger partial charge in [-0.1, -0.05) is 29.8 Å². The predicted octanol–water partition coefficient (Wildman–Crippen LogP) is 4.15. The Morgan fingerprint density at radius 1 is 1.19 bits per heavy atom. The molecular formula is C23H19ClN4O6S2. The number of nitrogens with one attached hydrogen (secondary N) is 1. The first kappa shape index (κ1) is 26.8. The number of hydrogen-bond donors (Lipinski definition) is 1. The first-order valence-electron chi connectivity index (χ1n) is 10.2. The lowest BCUT2D eigenvalue weighted by Gasteiger charge is -2.11. The summed E-state index contributed by atoms with van der Waals surface area (Å²) in [7, 11) is -2.34. The molecule has 0 unspecified atom stereocenters. The smallest absolute Gasteiger partial charge is 0.345 e. The second-order valence-corrected chi connectivity index (χ2v) is 10.9. The fraction of sp³-hybridized carbons (Fsp3) is 0.174. The summed E-state index contributed by atoms with van der Waals surface area (Å²) in [6.07, 6.45) is 1.28. The van der Waals surface area contributed by atoms with Gasteiger partial charge in [-0.25, -0.2) is 13.2 Å². The normalized spacial score (nSPS) is 11.6. The van der Waals surface area contributed by atoms with Crippen LogP contribution in [0.2, 0.25) is 5.02 Å². The minimum Gasteiger partial charge on any atom is -0.493 e. The van der Waals surface area contributed by atoms with Gasteiger partial charge in [-0.15, -0.1) is 0 Å². The highest BCUT2D eigenvalue weighted by Crippen LogP contribution is 2.30. The van der Waals surface area contributed by atoms with Crippen molar-refractivity contribution < 1.29 is 27.5 Å². The van der Waals surface area contributed by atoms with Gasteiger partial charge >= 0.3 is 5.97 Å².